The van der Waals surface area contributed by atoms with E-state index in [0.717, 1.165) is 18.5 Å². The lowest BCUT2D eigenvalue weighted by atomic mass is 9.92. The van der Waals surface area contributed by atoms with Gasteiger partial charge in [0.15, 0.2) is 11.6 Å². The number of carbonyl (C=O) groups excluding carboxylic acids is 2. The molecule has 1 aliphatic carbocycles. The van der Waals surface area contributed by atoms with Gasteiger partial charge in [-0.25, -0.2) is 4.98 Å². The molecule has 3 heterocycles. The van der Waals surface area contributed by atoms with E-state index >= 15 is 0 Å². The van der Waals surface area contributed by atoms with Crippen molar-refractivity contribution in [3.63, 3.8) is 0 Å². The number of hydrogen-bond acceptors (Lipinski definition) is 5. The first kappa shape index (κ1) is 18.4. The second-order valence-electron chi connectivity index (χ2n) is 7.67. The first-order valence-corrected chi connectivity index (χ1v) is 9.86. The number of ether oxygens (including phenoxy) is 1. The first-order valence-electron chi connectivity index (χ1n) is 9.86. The third-order valence-electron chi connectivity index (χ3n) is 5.81. The van der Waals surface area contributed by atoms with Crippen LogP contribution in [0.25, 0.3) is 0 Å². The Hall–Kier alpha value is -3.68. The molecule has 1 saturated carbocycles. The number of amides is 2. The molecule has 8 heteroatoms. The van der Waals surface area contributed by atoms with Crippen molar-refractivity contribution in [3.8, 4) is 5.75 Å². The summed E-state index contributed by atoms with van der Waals surface area (Å²) < 4.78 is 5.70. The van der Waals surface area contributed by atoms with Crippen LogP contribution >= 0.6 is 0 Å². The Morgan fingerprint density at radius 3 is 2.80 bits per heavy atom. The highest BCUT2D eigenvalue weighted by Crippen LogP contribution is 2.52. The van der Waals surface area contributed by atoms with Crippen LogP contribution in [0.15, 0.2) is 54.7 Å². The molecule has 2 aliphatic rings. The standard InChI is InChI=1S/C22H21N5O3/c1-27-19-17(8-5-11-23-19)30-13-16(21(27)29)24-20(28)15-12-18(26-25-15)22(9-10-22)14-6-3-2-4-7-14/h2-8,11-12,16H,9-10,13H2,1H3,(H,24,28)(H,25,26). The van der Waals surface area contributed by atoms with E-state index in [0.29, 0.717) is 11.6 Å². The van der Waals surface area contributed by atoms with Crippen LogP contribution in [0.3, 0.4) is 0 Å². The maximum absolute atomic E-state index is 12.8. The largest absolute Gasteiger partial charge is 0.487 e. The molecule has 30 heavy (non-hydrogen) atoms. The van der Waals surface area contributed by atoms with E-state index in [-0.39, 0.29) is 23.6 Å². The number of likely N-dealkylation sites (N-methyl/N-ethyl adjacent to an activating group) is 1. The molecule has 3 aromatic rings. The van der Waals surface area contributed by atoms with Crippen LogP contribution in [0.1, 0.15) is 34.6 Å². The van der Waals surface area contributed by atoms with Gasteiger partial charge in [0.2, 0.25) is 0 Å². The molecule has 1 fully saturated rings. The van der Waals surface area contributed by atoms with Crippen molar-refractivity contribution >= 4 is 17.6 Å². The molecule has 152 valence electrons. The first-order chi connectivity index (χ1) is 14.6. The predicted molar refractivity (Wildman–Crippen MR) is 109 cm³/mol. The van der Waals surface area contributed by atoms with Crippen LogP contribution in [0.2, 0.25) is 0 Å². The average Bonchev–Trinajstić information content (AvgIpc) is 3.47. The Kier molecular flexibility index (Phi) is 4.27. The van der Waals surface area contributed by atoms with Crippen molar-refractivity contribution in [2.24, 2.45) is 0 Å². The topological polar surface area (TPSA) is 100 Å². The Labute approximate surface area is 173 Å². The second-order valence-corrected chi connectivity index (χ2v) is 7.67. The molecule has 0 radical (unpaired) electrons. The third kappa shape index (κ3) is 3.01. The summed E-state index contributed by atoms with van der Waals surface area (Å²) in [6.45, 7) is 0.0266. The van der Waals surface area contributed by atoms with Crippen molar-refractivity contribution in [1.29, 1.82) is 0 Å². The number of nitrogens with zero attached hydrogens (tertiary/aromatic N) is 3. The molecule has 2 amide bonds. The van der Waals surface area contributed by atoms with Crippen molar-refractivity contribution in [2.75, 3.05) is 18.6 Å². The summed E-state index contributed by atoms with van der Waals surface area (Å²) in [5.41, 5.74) is 2.26. The molecule has 1 unspecified atom stereocenters. The molecule has 0 spiro atoms. The van der Waals surface area contributed by atoms with Gasteiger partial charge in [-0.3, -0.25) is 19.6 Å². The molecule has 1 aromatic carbocycles. The third-order valence-corrected chi connectivity index (χ3v) is 5.81. The number of aromatic amines is 1. The van der Waals surface area contributed by atoms with Crippen LogP contribution < -0.4 is 15.0 Å². The molecule has 5 rings (SSSR count). The van der Waals surface area contributed by atoms with Crippen molar-refractivity contribution < 1.29 is 14.3 Å². The van der Waals surface area contributed by atoms with Gasteiger partial charge in [-0.1, -0.05) is 30.3 Å². The van der Waals surface area contributed by atoms with Crippen molar-refractivity contribution in [3.05, 3.63) is 71.7 Å². The zero-order valence-corrected chi connectivity index (χ0v) is 16.5. The van der Waals surface area contributed by atoms with E-state index in [1.807, 2.05) is 18.2 Å². The highest BCUT2D eigenvalue weighted by Gasteiger charge is 2.47. The van der Waals surface area contributed by atoms with E-state index in [4.69, 9.17) is 4.74 Å². The Morgan fingerprint density at radius 1 is 1.23 bits per heavy atom. The van der Waals surface area contributed by atoms with Crippen LogP contribution in [0.5, 0.6) is 5.75 Å². The average molecular weight is 403 g/mol. The maximum Gasteiger partial charge on any atom is 0.272 e. The van der Waals surface area contributed by atoms with Crippen LogP contribution in [0.4, 0.5) is 5.82 Å². The number of nitrogens with one attached hydrogen (secondary N) is 2. The quantitative estimate of drug-likeness (QED) is 0.694. The minimum Gasteiger partial charge on any atom is -0.487 e. The summed E-state index contributed by atoms with van der Waals surface area (Å²) >= 11 is 0. The van der Waals surface area contributed by atoms with Gasteiger partial charge in [-0.05, 0) is 36.6 Å². The molecular formula is C22H21N5O3. The fourth-order valence-electron chi connectivity index (χ4n) is 3.94. The molecule has 1 atom stereocenters. The SMILES string of the molecule is CN1C(=O)C(NC(=O)c2cc(C3(c4ccccc4)CC3)[nH]n2)COc2cccnc21. The minimum absolute atomic E-state index is 0.0266. The van der Waals surface area contributed by atoms with Gasteiger partial charge in [0.05, 0.1) is 0 Å². The molecule has 8 nitrogen and oxygen atoms in total. The zero-order valence-electron chi connectivity index (χ0n) is 16.5. The summed E-state index contributed by atoms with van der Waals surface area (Å²) in [5.74, 6) is 0.223. The summed E-state index contributed by atoms with van der Waals surface area (Å²) in [6.07, 6.45) is 3.60. The van der Waals surface area contributed by atoms with E-state index in [1.165, 1.54) is 10.5 Å². The molecular weight excluding hydrogens is 382 g/mol. The number of carbonyl (C=O) groups is 2. The maximum atomic E-state index is 12.8. The number of aromatic nitrogens is 3. The van der Waals surface area contributed by atoms with Crippen molar-refractivity contribution in [1.82, 2.24) is 20.5 Å². The van der Waals surface area contributed by atoms with E-state index in [1.54, 1.807) is 31.4 Å². The zero-order chi connectivity index (χ0) is 20.7. The van der Waals surface area contributed by atoms with E-state index in [9.17, 15) is 9.59 Å². The highest BCUT2D eigenvalue weighted by molar-refractivity contribution is 6.02. The van der Waals surface area contributed by atoms with E-state index in [2.05, 4.69) is 32.6 Å². The summed E-state index contributed by atoms with van der Waals surface area (Å²) in [6, 6.07) is 14.6. The fourth-order valence-corrected chi connectivity index (χ4v) is 3.94. The van der Waals surface area contributed by atoms with Gasteiger partial charge >= 0.3 is 0 Å². The fraction of sp³-hybridized carbons (Fsp3) is 0.273. The monoisotopic (exact) mass is 403 g/mol. The summed E-state index contributed by atoms with van der Waals surface area (Å²) in [5, 5.41) is 9.98. The molecule has 0 bridgehead atoms. The molecule has 2 aromatic heterocycles. The normalized spacial score (nSPS) is 19.4. The molecule has 1 aliphatic heterocycles. The minimum atomic E-state index is -0.833. The van der Waals surface area contributed by atoms with Gasteiger partial charge in [-0.2, -0.15) is 5.10 Å². The van der Waals surface area contributed by atoms with E-state index < -0.39 is 11.9 Å². The van der Waals surface area contributed by atoms with Gasteiger partial charge in [0.25, 0.3) is 11.8 Å². The number of H-pyrrole nitrogens is 1. The summed E-state index contributed by atoms with van der Waals surface area (Å²) in [4.78, 5) is 31.2. The molecule has 2 N–H and O–H groups in total. The highest BCUT2D eigenvalue weighted by atomic mass is 16.5. The Balaban J connectivity index is 1.33. The Morgan fingerprint density at radius 2 is 2.03 bits per heavy atom. The number of fused-ring (bicyclic) bond motifs is 1. The number of anilines is 1. The Bertz CT molecular complexity index is 1110. The smallest absolute Gasteiger partial charge is 0.272 e. The van der Waals surface area contributed by atoms with Gasteiger partial charge in [0.1, 0.15) is 18.3 Å². The predicted octanol–water partition coefficient (Wildman–Crippen LogP) is 2.04. The molecule has 0 saturated heterocycles. The lowest BCUT2D eigenvalue weighted by Crippen LogP contribution is -2.49. The van der Waals surface area contributed by atoms with Crippen molar-refractivity contribution in [2.45, 2.75) is 24.3 Å². The lowest BCUT2D eigenvalue weighted by Gasteiger charge is -2.19. The van der Waals surface area contributed by atoms with Gasteiger partial charge in [-0.15, -0.1) is 0 Å². The van der Waals surface area contributed by atoms with Crippen LogP contribution in [-0.4, -0.2) is 46.7 Å². The van der Waals surface area contributed by atoms with Gasteiger partial charge < -0.3 is 10.1 Å². The number of rotatable bonds is 4. The second kappa shape index (κ2) is 6.98. The number of benzene rings is 1. The lowest BCUT2D eigenvalue weighted by molar-refractivity contribution is -0.120. The van der Waals surface area contributed by atoms with Crippen LogP contribution in [0, 0.1) is 0 Å². The number of pyridine rings is 1. The number of hydrogen-bond donors (Lipinski definition) is 2. The van der Waals surface area contributed by atoms with Gasteiger partial charge in [0, 0.05) is 24.4 Å². The summed E-state index contributed by atoms with van der Waals surface area (Å²) in [7, 11) is 1.62. The van der Waals surface area contributed by atoms with Crippen LogP contribution in [-0.2, 0) is 10.2 Å².